The Labute approximate surface area is 191 Å². The summed E-state index contributed by atoms with van der Waals surface area (Å²) < 4.78 is 27.9. The number of hydrogen-bond acceptors (Lipinski definition) is 5. The van der Waals surface area contributed by atoms with E-state index in [9.17, 15) is 18.0 Å². The number of nitrogens with one attached hydrogen (secondary N) is 1. The van der Waals surface area contributed by atoms with Crippen molar-refractivity contribution >= 4 is 45.0 Å². The minimum absolute atomic E-state index is 0.0706. The van der Waals surface area contributed by atoms with Crippen molar-refractivity contribution in [3.63, 3.8) is 0 Å². The number of nitrogens with two attached hydrogens (primary N) is 1. The number of aryl methyl sites for hydroxylation is 1. The molecular weight excluding hydrogens is 446 g/mol. The molecule has 0 atom stereocenters. The molecule has 3 rings (SSSR count). The number of rotatable bonds is 8. The minimum atomic E-state index is -4.03. The Kier molecular flexibility index (Phi) is 7.22. The summed E-state index contributed by atoms with van der Waals surface area (Å²) in [5, 5.41) is 2.60. The van der Waals surface area contributed by atoms with Gasteiger partial charge in [-0.25, -0.2) is 8.42 Å². The smallest absolute Gasteiger partial charge is 0.264 e. The first-order chi connectivity index (χ1) is 15.2. The molecule has 0 unspecified atom stereocenters. The number of primary amides is 1. The van der Waals surface area contributed by atoms with Gasteiger partial charge < -0.3 is 11.1 Å². The number of para-hydroxylation sites is 1. The molecule has 9 heteroatoms. The van der Waals surface area contributed by atoms with Crippen LogP contribution in [0.4, 0.5) is 11.4 Å². The van der Waals surface area contributed by atoms with Crippen molar-refractivity contribution in [3.8, 4) is 0 Å². The van der Waals surface area contributed by atoms with Crippen LogP contribution in [0.1, 0.15) is 15.9 Å². The van der Waals surface area contributed by atoms with Crippen LogP contribution in [0.5, 0.6) is 0 Å². The Morgan fingerprint density at radius 3 is 2.19 bits per heavy atom. The van der Waals surface area contributed by atoms with Gasteiger partial charge >= 0.3 is 0 Å². The second-order valence-electron chi connectivity index (χ2n) is 6.98. The zero-order valence-corrected chi connectivity index (χ0v) is 19.2. The average molecular weight is 470 g/mol. The van der Waals surface area contributed by atoms with Gasteiger partial charge in [-0.15, -0.1) is 11.8 Å². The third-order valence-corrected chi connectivity index (χ3v) is 7.25. The molecule has 0 aromatic heterocycles. The SMILES string of the molecule is CSc1ccc(S(=O)(=O)N(CC(=O)Nc2ccccc2C(N)=O)c2ccc(C)cc2)cc1. The average Bonchev–Trinajstić information content (AvgIpc) is 2.78. The monoisotopic (exact) mass is 469 g/mol. The molecule has 7 nitrogen and oxygen atoms in total. The van der Waals surface area contributed by atoms with E-state index in [1.807, 2.05) is 13.2 Å². The summed E-state index contributed by atoms with van der Waals surface area (Å²) >= 11 is 1.50. The van der Waals surface area contributed by atoms with Crippen LogP contribution in [0, 0.1) is 6.92 Å². The van der Waals surface area contributed by atoms with Crippen molar-refractivity contribution in [2.24, 2.45) is 5.73 Å². The standard InChI is InChI=1S/C23H23N3O4S2/c1-16-7-9-17(10-8-16)26(32(29,30)19-13-11-18(31-2)12-14-19)15-22(27)25-21-6-4-3-5-20(21)23(24)28/h3-14H,15H2,1-2H3,(H2,24,28)(H,25,27). The number of nitrogens with zero attached hydrogens (tertiary/aromatic N) is 1. The van der Waals surface area contributed by atoms with Crippen LogP contribution >= 0.6 is 11.8 Å². The number of anilines is 2. The van der Waals surface area contributed by atoms with Crippen molar-refractivity contribution in [1.82, 2.24) is 0 Å². The van der Waals surface area contributed by atoms with Gasteiger partial charge in [-0.3, -0.25) is 13.9 Å². The fourth-order valence-electron chi connectivity index (χ4n) is 3.03. The summed E-state index contributed by atoms with van der Waals surface area (Å²) in [6.07, 6.45) is 1.90. The fourth-order valence-corrected chi connectivity index (χ4v) is 4.86. The zero-order valence-electron chi connectivity index (χ0n) is 17.6. The Hall–Kier alpha value is -3.30. The van der Waals surface area contributed by atoms with Crippen molar-refractivity contribution in [1.29, 1.82) is 0 Å². The molecule has 0 saturated heterocycles. The molecule has 0 saturated carbocycles. The van der Waals surface area contributed by atoms with E-state index in [0.717, 1.165) is 14.8 Å². The molecule has 0 bridgehead atoms. The second-order valence-corrected chi connectivity index (χ2v) is 9.72. The van der Waals surface area contributed by atoms with Gasteiger partial charge in [0.25, 0.3) is 15.9 Å². The lowest BCUT2D eigenvalue weighted by Crippen LogP contribution is -2.38. The van der Waals surface area contributed by atoms with Crippen LogP contribution in [-0.4, -0.2) is 33.0 Å². The van der Waals surface area contributed by atoms with E-state index in [-0.39, 0.29) is 16.1 Å². The molecule has 32 heavy (non-hydrogen) atoms. The van der Waals surface area contributed by atoms with Crippen molar-refractivity contribution in [3.05, 3.63) is 83.9 Å². The normalized spacial score (nSPS) is 11.1. The van der Waals surface area contributed by atoms with Crippen molar-refractivity contribution < 1.29 is 18.0 Å². The highest BCUT2D eigenvalue weighted by Gasteiger charge is 2.27. The van der Waals surface area contributed by atoms with E-state index in [1.54, 1.807) is 48.5 Å². The molecule has 0 spiro atoms. The Morgan fingerprint density at radius 1 is 0.969 bits per heavy atom. The molecule has 0 radical (unpaired) electrons. The van der Waals surface area contributed by atoms with Gasteiger partial charge in [0, 0.05) is 4.90 Å². The Bertz CT molecular complexity index is 1220. The van der Waals surface area contributed by atoms with Gasteiger partial charge in [-0.1, -0.05) is 29.8 Å². The molecule has 3 aromatic carbocycles. The first-order valence-electron chi connectivity index (χ1n) is 9.64. The number of sulfonamides is 1. The van der Waals surface area contributed by atoms with E-state index >= 15 is 0 Å². The van der Waals surface area contributed by atoms with Gasteiger partial charge in [0.1, 0.15) is 6.54 Å². The zero-order chi connectivity index (χ0) is 23.3. The third-order valence-electron chi connectivity index (χ3n) is 4.72. The lowest BCUT2D eigenvalue weighted by molar-refractivity contribution is -0.114. The summed E-state index contributed by atoms with van der Waals surface area (Å²) in [5.41, 5.74) is 7.03. The van der Waals surface area contributed by atoms with E-state index in [1.165, 1.54) is 36.0 Å². The van der Waals surface area contributed by atoms with E-state index < -0.39 is 28.4 Å². The molecular formula is C23H23N3O4S2. The molecule has 0 aliphatic carbocycles. The van der Waals surface area contributed by atoms with E-state index in [4.69, 9.17) is 5.73 Å². The Morgan fingerprint density at radius 2 is 1.59 bits per heavy atom. The van der Waals surface area contributed by atoms with Gasteiger partial charge in [-0.2, -0.15) is 0 Å². The van der Waals surface area contributed by atoms with Crippen molar-refractivity contribution in [2.75, 3.05) is 22.4 Å². The predicted octanol–water partition coefficient (Wildman–Crippen LogP) is 3.65. The first-order valence-corrected chi connectivity index (χ1v) is 12.3. The summed E-state index contributed by atoms with van der Waals surface area (Å²) in [5.74, 6) is -1.30. The molecule has 166 valence electrons. The first kappa shape index (κ1) is 23.4. The van der Waals surface area contributed by atoms with Crippen LogP contribution < -0.4 is 15.4 Å². The van der Waals surface area contributed by atoms with E-state index in [0.29, 0.717) is 5.69 Å². The third kappa shape index (κ3) is 5.30. The van der Waals surface area contributed by atoms with Crippen LogP contribution in [0.3, 0.4) is 0 Å². The predicted molar refractivity (Wildman–Crippen MR) is 128 cm³/mol. The van der Waals surface area contributed by atoms with Crippen LogP contribution in [0.2, 0.25) is 0 Å². The second kappa shape index (κ2) is 9.88. The quantitative estimate of drug-likeness (QED) is 0.490. The molecule has 0 heterocycles. The molecule has 0 aliphatic heterocycles. The van der Waals surface area contributed by atoms with Gasteiger partial charge in [0.05, 0.1) is 21.8 Å². The number of amides is 2. The van der Waals surface area contributed by atoms with Gasteiger partial charge in [0.2, 0.25) is 5.91 Å². The largest absolute Gasteiger partial charge is 0.366 e. The maximum Gasteiger partial charge on any atom is 0.264 e. The highest BCUT2D eigenvalue weighted by molar-refractivity contribution is 7.98. The lowest BCUT2D eigenvalue weighted by Gasteiger charge is -2.24. The lowest BCUT2D eigenvalue weighted by atomic mass is 10.1. The van der Waals surface area contributed by atoms with Gasteiger partial charge in [0.15, 0.2) is 0 Å². The highest BCUT2D eigenvalue weighted by Crippen LogP contribution is 2.26. The van der Waals surface area contributed by atoms with Crippen LogP contribution in [-0.2, 0) is 14.8 Å². The van der Waals surface area contributed by atoms with E-state index in [2.05, 4.69) is 5.32 Å². The molecule has 2 amide bonds. The molecule has 3 N–H and O–H groups in total. The fraction of sp³-hybridized carbons (Fsp3) is 0.130. The maximum absolute atomic E-state index is 13.4. The molecule has 0 aliphatic rings. The maximum atomic E-state index is 13.4. The van der Waals surface area contributed by atoms with Gasteiger partial charge in [-0.05, 0) is 61.7 Å². The summed E-state index contributed by atoms with van der Waals surface area (Å²) in [6, 6.07) is 19.6. The highest BCUT2D eigenvalue weighted by atomic mass is 32.2. The Balaban J connectivity index is 1.95. The summed E-state index contributed by atoms with van der Waals surface area (Å²) in [7, 11) is -4.03. The van der Waals surface area contributed by atoms with Crippen molar-refractivity contribution in [2.45, 2.75) is 16.7 Å². The molecule has 3 aromatic rings. The summed E-state index contributed by atoms with van der Waals surface area (Å²) in [4.78, 5) is 25.5. The number of carbonyl (C=O) groups is 2. The van der Waals surface area contributed by atoms with Crippen LogP contribution in [0.25, 0.3) is 0 Å². The number of carbonyl (C=O) groups excluding carboxylic acids is 2. The number of hydrogen-bond donors (Lipinski definition) is 2. The minimum Gasteiger partial charge on any atom is -0.366 e. The topological polar surface area (TPSA) is 110 Å². The molecule has 0 fully saturated rings. The number of thioether (sulfide) groups is 1. The van der Waals surface area contributed by atoms with Crippen LogP contribution in [0.15, 0.2) is 82.6 Å². The number of benzene rings is 3. The summed E-state index contributed by atoms with van der Waals surface area (Å²) in [6.45, 7) is 1.40.